The van der Waals surface area contributed by atoms with Crippen molar-refractivity contribution in [2.45, 2.75) is 62.6 Å². The summed E-state index contributed by atoms with van der Waals surface area (Å²) in [5.74, 6) is -6.12. The molecule has 1 fully saturated rings. The lowest BCUT2D eigenvalue weighted by Crippen LogP contribution is -2.59. The molecule has 20 heteroatoms. The molecule has 1 unspecified atom stereocenters. The van der Waals surface area contributed by atoms with Gasteiger partial charge in [0, 0.05) is 23.0 Å². The van der Waals surface area contributed by atoms with Gasteiger partial charge in [-0.15, -0.1) is 0 Å². The number of likely N-dealkylation sites (N-methyl/N-ethyl adjacent to an activating group) is 2. The molecule has 4 amide bonds. The van der Waals surface area contributed by atoms with Gasteiger partial charge in [-0.25, -0.2) is 4.79 Å². The molecule has 9 N–H and O–H groups in total. The number of hydrogen-bond donors (Lipinski definition) is 9. The van der Waals surface area contributed by atoms with Gasteiger partial charge in [-0.05, 0) is 27.9 Å². The summed E-state index contributed by atoms with van der Waals surface area (Å²) in [5, 5.41) is 44.2. The normalized spacial score (nSPS) is 28.5. The SMILES string of the molecule is CN[C@H]1CSSC[C@@H](C(C)=O)NC(=O)[C@H](CC(=O)O)NC(=O)[C@@H](NC)CSSC[C@@H](C(=O)O)NC(=O)C([C@@H](C)O)NC1=O. The van der Waals surface area contributed by atoms with Crippen molar-refractivity contribution in [2.75, 3.05) is 37.1 Å². The molecule has 0 bridgehead atoms. The molecule has 1 rings (SSSR count). The Bertz CT molecular complexity index is 1020. The molecular weight excluding hydrogens is 649 g/mol. The highest BCUT2D eigenvalue weighted by molar-refractivity contribution is 8.77. The molecule has 0 aromatic heterocycles. The lowest BCUT2D eigenvalue weighted by atomic mass is 10.1. The number of carboxylic acid groups (broad SMARTS) is 2. The summed E-state index contributed by atoms with van der Waals surface area (Å²) >= 11 is 0. The van der Waals surface area contributed by atoms with Gasteiger partial charge in [-0.1, -0.05) is 43.2 Å². The molecule has 43 heavy (non-hydrogen) atoms. The Labute approximate surface area is 264 Å². The number of amides is 4. The van der Waals surface area contributed by atoms with Crippen LogP contribution in [0.4, 0.5) is 0 Å². The van der Waals surface area contributed by atoms with Gasteiger partial charge in [-0.2, -0.15) is 0 Å². The lowest BCUT2D eigenvalue weighted by molar-refractivity contribution is -0.142. The maximum absolute atomic E-state index is 12.9. The van der Waals surface area contributed by atoms with E-state index >= 15 is 0 Å². The second-order valence-corrected chi connectivity index (χ2v) is 14.4. The second-order valence-electron chi connectivity index (χ2n) is 9.28. The van der Waals surface area contributed by atoms with Crippen molar-refractivity contribution in [3.63, 3.8) is 0 Å². The number of carboxylic acids is 2. The first-order valence-electron chi connectivity index (χ1n) is 12.9. The molecule has 1 saturated heterocycles. The van der Waals surface area contributed by atoms with E-state index in [1.165, 1.54) is 38.7 Å². The van der Waals surface area contributed by atoms with E-state index in [1.807, 2.05) is 0 Å². The number of aliphatic hydroxyl groups is 1. The molecule has 0 aliphatic carbocycles. The van der Waals surface area contributed by atoms with E-state index in [0.717, 1.165) is 32.4 Å². The van der Waals surface area contributed by atoms with Crippen LogP contribution in [0.5, 0.6) is 0 Å². The Balaban J connectivity index is 3.26. The van der Waals surface area contributed by atoms with E-state index in [1.54, 1.807) is 0 Å². The number of aliphatic carboxylic acids is 2. The van der Waals surface area contributed by atoms with Crippen LogP contribution in [0, 0.1) is 0 Å². The van der Waals surface area contributed by atoms with Crippen molar-refractivity contribution in [2.24, 2.45) is 0 Å². The van der Waals surface area contributed by atoms with Crippen LogP contribution in [-0.2, 0) is 33.6 Å². The van der Waals surface area contributed by atoms with E-state index in [0.29, 0.717) is 0 Å². The Hall–Kier alpha value is -2.23. The summed E-state index contributed by atoms with van der Waals surface area (Å²) in [5.41, 5.74) is 0. The summed E-state index contributed by atoms with van der Waals surface area (Å²) in [6, 6.07) is -7.12. The van der Waals surface area contributed by atoms with E-state index in [9.17, 15) is 48.9 Å². The minimum Gasteiger partial charge on any atom is -0.481 e. The van der Waals surface area contributed by atoms with Gasteiger partial charge in [-0.3, -0.25) is 28.8 Å². The Kier molecular flexibility index (Phi) is 18.0. The first kappa shape index (κ1) is 38.8. The lowest BCUT2D eigenvalue weighted by Gasteiger charge is -2.26. The first-order valence-corrected chi connectivity index (χ1v) is 17.9. The van der Waals surface area contributed by atoms with Gasteiger partial charge in [0.15, 0.2) is 5.78 Å². The second kappa shape index (κ2) is 19.9. The van der Waals surface area contributed by atoms with Gasteiger partial charge in [0.2, 0.25) is 23.6 Å². The Morgan fingerprint density at radius 2 is 1.23 bits per heavy atom. The van der Waals surface area contributed by atoms with Crippen LogP contribution in [0.15, 0.2) is 0 Å². The van der Waals surface area contributed by atoms with Gasteiger partial charge < -0.3 is 47.2 Å². The van der Waals surface area contributed by atoms with E-state index in [-0.39, 0.29) is 23.0 Å². The highest BCUT2D eigenvalue weighted by Gasteiger charge is 2.33. The van der Waals surface area contributed by atoms with Crippen LogP contribution in [0.25, 0.3) is 0 Å². The molecule has 7 atom stereocenters. The van der Waals surface area contributed by atoms with E-state index in [4.69, 9.17) is 0 Å². The third-order valence-electron chi connectivity index (χ3n) is 5.93. The third-order valence-corrected chi connectivity index (χ3v) is 10.8. The number of rotatable bonds is 7. The number of Topliss-reactive ketones (excluding diaryl/α,β-unsaturated/α-hetero) is 1. The number of carbonyl (C=O) groups excluding carboxylic acids is 5. The highest BCUT2D eigenvalue weighted by Crippen LogP contribution is 2.24. The summed E-state index contributed by atoms with van der Waals surface area (Å²) < 4.78 is 0. The van der Waals surface area contributed by atoms with Crippen molar-refractivity contribution >= 4 is 84.5 Å². The molecular formula is C23H38N6O10S4. The molecule has 0 spiro atoms. The van der Waals surface area contributed by atoms with Crippen LogP contribution >= 0.6 is 43.2 Å². The van der Waals surface area contributed by atoms with Gasteiger partial charge in [0.05, 0.1) is 30.7 Å². The number of hydrogen-bond acceptors (Lipinski definition) is 14. The Morgan fingerprint density at radius 3 is 1.67 bits per heavy atom. The van der Waals surface area contributed by atoms with Crippen molar-refractivity contribution in [3.05, 3.63) is 0 Å². The molecule has 16 nitrogen and oxygen atoms in total. The summed E-state index contributed by atoms with van der Waals surface area (Å²) in [6.07, 6.45) is -2.10. The average Bonchev–Trinajstić information content (AvgIpc) is 2.92. The number of aliphatic hydroxyl groups excluding tert-OH is 1. The summed E-state index contributed by atoms with van der Waals surface area (Å²) in [6.45, 7) is 2.52. The molecule has 244 valence electrons. The Morgan fingerprint density at radius 1 is 0.767 bits per heavy atom. The maximum Gasteiger partial charge on any atom is 0.327 e. The van der Waals surface area contributed by atoms with Crippen LogP contribution in [0.1, 0.15) is 20.3 Å². The molecule has 1 aliphatic heterocycles. The highest BCUT2D eigenvalue weighted by atomic mass is 33.1. The fourth-order valence-corrected chi connectivity index (χ4v) is 8.23. The third kappa shape index (κ3) is 14.0. The summed E-state index contributed by atoms with van der Waals surface area (Å²) in [4.78, 5) is 87.0. The zero-order valence-corrected chi connectivity index (χ0v) is 27.2. The van der Waals surface area contributed by atoms with Gasteiger partial charge in [0.1, 0.15) is 18.1 Å². The summed E-state index contributed by atoms with van der Waals surface area (Å²) in [7, 11) is 7.39. The largest absolute Gasteiger partial charge is 0.481 e. The fraction of sp³-hybridized carbons (Fsp3) is 0.696. The molecule has 0 aromatic rings. The van der Waals surface area contributed by atoms with E-state index < -0.39 is 90.1 Å². The number of carbonyl (C=O) groups is 7. The van der Waals surface area contributed by atoms with Crippen LogP contribution in [0.3, 0.4) is 0 Å². The fourth-order valence-electron chi connectivity index (χ4n) is 3.33. The molecule has 0 saturated carbocycles. The zero-order valence-electron chi connectivity index (χ0n) is 23.9. The topological polar surface area (TPSA) is 252 Å². The molecule has 1 aliphatic rings. The molecule has 0 radical (unpaired) electrons. The van der Waals surface area contributed by atoms with E-state index in [2.05, 4.69) is 31.9 Å². The molecule has 1 heterocycles. The zero-order chi connectivity index (χ0) is 32.7. The monoisotopic (exact) mass is 686 g/mol. The predicted octanol–water partition coefficient (Wildman–Crippen LogP) is -2.59. The smallest absolute Gasteiger partial charge is 0.327 e. The molecule has 0 aromatic carbocycles. The van der Waals surface area contributed by atoms with Crippen molar-refractivity contribution in [1.82, 2.24) is 31.9 Å². The van der Waals surface area contributed by atoms with Crippen molar-refractivity contribution < 1.29 is 48.9 Å². The van der Waals surface area contributed by atoms with Gasteiger partial charge in [0.25, 0.3) is 0 Å². The first-order chi connectivity index (χ1) is 20.2. The van der Waals surface area contributed by atoms with Crippen LogP contribution in [-0.4, -0.2) is 136 Å². The standard InChI is InChI=1S/C23H38N6O10S4/c1-10(30)13-6-40-41-8-15(25-4)21(36)29-18(11(2)31)22(37)28-16(23(38)39)9-43-42-7-14(24-3)20(35)26-12(5-17(32)33)19(34)27-13/h11-16,18,24-25,31H,5-9H2,1-4H3,(H,26,35)(H,27,34)(H,28,37)(H,29,36)(H,32,33)(H,38,39)/t11-,12+,13+,14+,15+,16+,18?/m1/s1. The van der Waals surface area contributed by atoms with Crippen LogP contribution < -0.4 is 31.9 Å². The number of nitrogens with one attached hydrogen (secondary N) is 6. The van der Waals surface area contributed by atoms with Crippen molar-refractivity contribution in [3.8, 4) is 0 Å². The van der Waals surface area contributed by atoms with Crippen LogP contribution in [0.2, 0.25) is 0 Å². The minimum atomic E-state index is -1.48. The van der Waals surface area contributed by atoms with Crippen molar-refractivity contribution in [1.29, 1.82) is 0 Å². The predicted molar refractivity (Wildman–Crippen MR) is 166 cm³/mol. The number of ketones is 1. The quantitative estimate of drug-likeness (QED) is 0.125. The minimum absolute atomic E-state index is 0.0554. The van der Waals surface area contributed by atoms with Gasteiger partial charge >= 0.3 is 11.9 Å². The maximum atomic E-state index is 12.9. The average molecular weight is 687 g/mol.